The van der Waals surface area contributed by atoms with E-state index in [4.69, 9.17) is 8.92 Å². The molecule has 0 spiro atoms. The molecule has 1 atom stereocenters. The number of thioether (sulfide) groups is 1. The first kappa shape index (κ1) is 26.0. The quantitative estimate of drug-likeness (QED) is 0.223. The maximum absolute atomic E-state index is 13.4. The number of halogens is 3. The Hall–Kier alpha value is -2.20. The van der Waals surface area contributed by atoms with E-state index < -0.39 is 26.5 Å². The molecule has 1 unspecified atom stereocenters. The maximum atomic E-state index is 13.4. The molecule has 2 aromatic rings. The summed E-state index contributed by atoms with van der Waals surface area (Å²) in [6.45, 7) is 2.00. The molecule has 38 heavy (non-hydrogen) atoms. The number of alkyl halides is 3. The molecular formula is C28H29F3O5S2. The summed E-state index contributed by atoms with van der Waals surface area (Å²) in [5.74, 6) is 1.37. The number of carbonyl (C=O) groups is 1. The first-order valence-corrected chi connectivity index (χ1v) is 15.5. The molecule has 10 heteroatoms. The Kier molecular flexibility index (Phi) is 6.11. The molecule has 5 aliphatic rings. The highest BCUT2D eigenvalue weighted by Gasteiger charge is 2.54. The largest absolute Gasteiger partial charge is 0.534 e. The van der Waals surface area contributed by atoms with Crippen molar-refractivity contribution in [1.29, 1.82) is 0 Å². The van der Waals surface area contributed by atoms with Gasteiger partial charge in [0.25, 0.3) is 0 Å². The zero-order valence-corrected chi connectivity index (χ0v) is 22.6. The molecule has 2 aromatic carbocycles. The third kappa shape index (κ3) is 4.13. The summed E-state index contributed by atoms with van der Waals surface area (Å²) in [6.07, 6.45) is 7.67. The van der Waals surface area contributed by atoms with Crippen molar-refractivity contribution in [2.75, 3.05) is 12.4 Å². The minimum Gasteiger partial charge on any atom is -0.465 e. The fraction of sp³-hybridized carbons (Fsp3) is 0.536. The van der Waals surface area contributed by atoms with Crippen LogP contribution in [0.2, 0.25) is 0 Å². The van der Waals surface area contributed by atoms with Gasteiger partial charge < -0.3 is 8.92 Å². The fourth-order valence-corrected chi connectivity index (χ4v) is 9.26. The lowest BCUT2D eigenvalue weighted by atomic mass is 9.48. The van der Waals surface area contributed by atoms with Gasteiger partial charge in [0.15, 0.2) is 0 Å². The number of benzene rings is 2. The van der Waals surface area contributed by atoms with Crippen LogP contribution in [0.4, 0.5) is 13.2 Å². The highest BCUT2D eigenvalue weighted by molar-refractivity contribution is 8.02. The third-order valence-electron chi connectivity index (χ3n) is 8.95. The summed E-state index contributed by atoms with van der Waals surface area (Å²) in [7, 11) is -5.84. The van der Waals surface area contributed by atoms with Crippen molar-refractivity contribution in [1.82, 2.24) is 0 Å². The molecule has 5 nitrogen and oxygen atoms in total. The fourth-order valence-electron chi connectivity index (χ4n) is 7.72. The predicted octanol–water partition coefficient (Wildman–Crippen LogP) is 6.60. The molecule has 4 saturated carbocycles. The van der Waals surface area contributed by atoms with Gasteiger partial charge in [0, 0.05) is 11.3 Å². The van der Waals surface area contributed by atoms with Crippen LogP contribution >= 0.6 is 11.8 Å². The first-order valence-electron chi connectivity index (χ1n) is 13.0. The van der Waals surface area contributed by atoms with Crippen LogP contribution in [0.15, 0.2) is 41.8 Å². The Bertz CT molecular complexity index is 1400. The van der Waals surface area contributed by atoms with Crippen molar-refractivity contribution in [2.45, 2.75) is 61.8 Å². The summed E-state index contributed by atoms with van der Waals surface area (Å²) >= 11 is 1.51. The monoisotopic (exact) mass is 566 g/mol. The Labute approximate surface area is 224 Å². The summed E-state index contributed by atoms with van der Waals surface area (Å²) < 4.78 is 74.6. The Morgan fingerprint density at radius 3 is 2.24 bits per heavy atom. The number of hydrogen-bond acceptors (Lipinski definition) is 6. The van der Waals surface area contributed by atoms with Crippen molar-refractivity contribution in [3.63, 3.8) is 0 Å². The van der Waals surface area contributed by atoms with Gasteiger partial charge in [-0.05, 0) is 109 Å². The first-order chi connectivity index (χ1) is 17.9. The molecule has 204 valence electrons. The van der Waals surface area contributed by atoms with Crippen molar-refractivity contribution >= 4 is 38.6 Å². The summed E-state index contributed by atoms with van der Waals surface area (Å²) in [5, 5.41) is 3.16. The number of carbonyl (C=O) groups excluding carboxylic acids is 1. The van der Waals surface area contributed by atoms with E-state index in [0.717, 1.165) is 49.5 Å². The van der Waals surface area contributed by atoms with Crippen LogP contribution in [0.25, 0.3) is 10.8 Å². The smallest absolute Gasteiger partial charge is 0.465 e. The van der Waals surface area contributed by atoms with Crippen LogP contribution in [0.1, 0.15) is 56.6 Å². The third-order valence-corrected chi connectivity index (χ3v) is 10.9. The van der Waals surface area contributed by atoms with Crippen LogP contribution in [0, 0.1) is 17.8 Å². The number of hydrogen-bond donors (Lipinski definition) is 0. The standard InChI is InChI=1S/C28H29F3O5S2/c1-2-35-25(32)27(5-6-37-16-27)22-4-3-20-12-24(36-38(33,34)28(29,30)31)23(11-21(20)10-22)26-13-17-7-18(14-26)9-19(8-17)15-26/h3-6,10-12,17-19H,2,7-9,13-16H2,1H3. The molecule has 4 fully saturated rings. The van der Waals surface area contributed by atoms with Gasteiger partial charge in [0.05, 0.1) is 6.61 Å². The highest BCUT2D eigenvalue weighted by Crippen LogP contribution is 2.62. The van der Waals surface area contributed by atoms with Gasteiger partial charge in [-0.2, -0.15) is 21.6 Å². The molecule has 0 N–H and O–H groups in total. The minimum atomic E-state index is -5.84. The molecule has 1 aliphatic heterocycles. The molecule has 4 aliphatic carbocycles. The van der Waals surface area contributed by atoms with Crippen LogP contribution in [0.3, 0.4) is 0 Å². The van der Waals surface area contributed by atoms with E-state index in [0.29, 0.717) is 34.5 Å². The molecule has 7 rings (SSSR count). The topological polar surface area (TPSA) is 69.7 Å². The van der Waals surface area contributed by atoms with Gasteiger partial charge in [-0.3, -0.25) is 4.79 Å². The normalized spacial score (nSPS) is 32.2. The van der Waals surface area contributed by atoms with Crippen molar-refractivity contribution in [3.05, 3.63) is 52.9 Å². The van der Waals surface area contributed by atoms with Crippen LogP contribution in [-0.2, 0) is 30.5 Å². The molecule has 0 aromatic heterocycles. The predicted molar refractivity (Wildman–Crippen MR) is 139 cm³/mol. The number of fused-ring (bicyclic) bond motifs is 1. The molecular weight excluding hydrogens is 537 g/mol. The Balaban J connectivity index is 1.51. The average Bonchev–Trinajstić information content (AvgIpc) is 3.33. The second-order valence-electron chi connectivity index (χ2n) is 11.4. The van der Waals surface area contributed by atoms with Gasteiger partial charge in [-0.15, -0.1) is 11.8 Å². The second kappa shape index (κ2) is 8.91. The lowest BCUT2D eigenvalue weighted by Crippen LogP contribution is -2.48. The van der Waals surface area contributed by atoms with Gasteiger partial charge in [-0.1, -0.05) is 18.2 Å². The van der Waals surface area contributed by atoms with Gasteiger partial charge in [0.1, 0.15) is 11.2 Å². The van der Waals surface area contributed by atoms with E-state index in [-0.39, 0.29) is 18.3 Å². The van der Waals surface area contributed by atoms with Gasteiger partial charge >= 0.3 is 21.6 Å². The van der Waals surface area contributed by atoms with E-state index in [1.165, 1.54) is 17.8 Å². The highest BCUT2D eigenvalue weighted by atomic mass is 32.2. The Morgan fingerprint density at radius 1 is 1.03 bits per heavy atom. The number of esters is 1. The SMILES string of the molecule is CCOC(=O)C1(c2ccc3cc(OS(=O)(=O)C(F)(F)F)c(C45CC6CC(CC(C6)C4)C5)cc3c2)C=CSC1. The number of ether oxygens (including phenoxy) is 1. The Morgan fingerprint density at radius 2 is 1.68 bits per heavy atom. The average molecular weight is 567 g/mol. The zero-order valence-electron chi connectivity index (χ0n) is 20.9. The van der Waals surface area contributed by atoms with E-state index in [9.17, 15) is 26.4 Å². The molecule has 4 bridgehead atoms. The van der Waals surface area contributed by atoms with Crippen LogP contribution < -0.4 is 4.18 Å². The maximum Gasteiger partial charge on any atom is 0.534 e. The van der Waals surface area contributed by atoms with E-state index in [1.807, 2.05) is 23.6 Å². The lowest BCUT2D eigenvalue weighted by molar-refractivity contribution is -0.147. The van der Waals surface area contributed by atoms with E-state index in [2.05, 4.69) is 0 Å². The summed E-state index contributed by atoms with van der Waals surface area (Å²) in [4.78, 5) is 13.0. The second-order valence-corrected chi connectivity index (χ2v) is 13.8. The lowest BCUT2D eigenvalue weighted by Gasteiger charge is -2.57. The molecule has 0 amide bonds. The summed E-state index contributed by atoms with van der Waals surface area (Å²) in [6, 6.07) is 8.58. The van der Waals surface area contributed by atoms with E-state index in [1.54, 1.807) is 19.1 Å². The van der Waals surface area contributed by atoms with Gasteiger partial charge in [-0.25, -0.2) is 0 Å². The van der Waals surface area contributed by atoms with Crippen molar-refractivity contribution in [2.24, 2.45) is 17.8 Å². The molecule has 0 saturated heterocycles. The minimum absolute atomic E-state index is 0.235. The molecule has 0 radical (unpaired) electrons. The van der Waals surface area contributed by atoms with Crippen LogP contribution in [-0.4, -0.2) is 32.3 Å². The molecule has 1 heterocycles. The summed E-state index contributed by atoms with van der Waals surface area (Å²) in [5.41, 5.74) is -5.63. The van der Waals surface area contributed by atoms with Crippen LogP contribution in [0.5, 0.6) is 5.75 Å². The van der Waals surface area contributed by atoms with Crippen molar-refractivity contribution in [3.8, 4) is 5.75 Å². The van der Waals surface area contributed by atoms with Gasteiger partial charge in [0.2, 0.25) is 0 Å². The zero-order chi connectivity index (χ0) is 26.9. The van der Waals surface area contributed by atoms with E-state index >= 15 is 0 Å². The number of rotatable bonds is 6. The van der Waals surface area contributed by atoms with Crippen molar-refractivity contribution < 1.29 is 35.3 Å².